The van der Waals surface area contributed by atoms with Crippen LogP contribution in [0.1, 0.15) is 181 Å². The van der Waals surface area contributed by atoms with E-state index in [1.165, 1.54) is 148 Å². The van der Waals surface area contributed by atoms with Gasteiger partial charge in [-0.2, -0.15) is 0 Å². The molecule has 0 aromatic heterocycles. The molecule has 0 heterocycles. The Kier molecular flexibility index (Phi) is 24.5. The highest BCUT2D eigenvalue weighted by atomic mass is 14.9. The summed E-state index contributed by atoms with van der Waals surface area (Å²) < 4.78 is 0. The van der Waals surface area contributed by atoms with Crippen molar-refractivity contribution in [3.8, 4) is 0 Å². The summed E-state index contributed by atoms with van der Waals surface area (Å²) in [4.78, 5) is 0. The average molecular weight is 439 g/mol. The second kappa shape index (κ2) is 24.6. The number of hydrogen-bond donors (Lipinski definition) is 2. The Hall–Kier alpha value is -0.0800. The summed E-state index contributed by atoms with van der Waals surface area (Å²) in [5.74, 6) is 0. The van der Waals surface area contributed by atoms with Gasteiger partial charge < -0.3 is 11.5 Å². The fourth-order valence-corrected chi connectivity index (χ4v) is 4.83. The lowest BCUT2D eigenvalue weighted by molar-refractivity contribution is 0.357. The Morgan fingerprint density at radius 3 is 0.839 bits per heavy atom. The van der Waals surface area contributed by atoms with E-state index in [0.717, 1.165) is 19.3 Å². The molecule has 0 atom stereocenters. The van der Waals surface area contributed by atoms with Crippen LogP contribution < -0.4 is 11.5 Å². The molecule has 31 heavy (non-hydrogen) atoms. The van der Waals surface area contributed by atoms with E-state index in [1.807, 2.05) is 0 Å². The molecule has 0 amide bonds. The van der Waals surface area contributed by atoms with Gasteiger partial charge in [-0.15, -0.1) is 0 Å². The molecule has 0 radical (unpaired) electrons. The average Bonchev–Trinajstić information content (AvgIpc) is 2.74. The van der Waals surface area contributed by atoms with Gasteiger partial charge in [0.1, 0.15) is 0 Å². The Balaban J connectivity index is 3.08. The van der Waals surface area contributed by atoms with Gasteiger partial charge in [-0.25, -0.2) is 0 Å². The first-order chi connectivity index (χ1) is 15.1. The second-order valence-electron chi connectivity index (χ2n) is 10.5. The number of hydrogen-bond acceptors (Lipinski definition) is 2. The maximum atomic E-state index is 6.10. The minimum absolute atomic E-state index is 0.415. The Bertz CT molecular complexity index is 327. The van der Waals surface area contributed by atoms with Crippen LogP contribution in [-0.2, 0) is 0 Å². The smallest absolute Gasteiger partial charge is 0.0636 e. The van der Waals surface area contributed by atoms with Gasteiger partial charge in [-0.3, -0.25) is 0 Å². The fourth-order valence-electron chi connectivity index (χ4n) is 4.83. The zero-order valence-electron chi connectivity index (χ0n) is 22.0. The summed E-state index contributed by atoms with van der Waals surface area (Å²) in [6, 6.07) is 0. The molecule has 0 saturated heterocycles. The molecule has 0 aromatic rings. The van der Waals surface area contributed by atoms with Crippen LogP contribution in [0.15, 0.2) is 0 Å². The van der Waals surface area contributed by atoms with E-state index in [2.05, 4.69) is 13.8 Å². The Labute approximate surface area is 198 Å². The molecular weight excluding hydrogens is 376 g/mol. The van der Waals surface area contributed by atoms with Crippen molar-refractivity contribution in [1.29, 1.82) is 0 Å². The van der Waals surface area contributed by atoms with Crippen molar-refractivity contribution in [2.75, 3.05) is 0 Å². The van der Waals surface area contributed by atoms with Gasteiger partial charge in [0.2, 0.25) is 0 Å². The third-order valence-corrected chi connectivity index (χ3v) is 6.96. The van der Waals surface area contributed by atoms with E-state index in [9.17, 15) is 0 Å². The molecule has 0 fully saturated rings. The summed E-state index contributed by atoms with van der Waals surface area (Å²) in [6.07, 6.45) is 36.0. The summed E-state index contributed by atoms with van der Waals surface area (Å²) in [5.41, 5.74) is 11.8. The molecule has 0 aromatic carbocycles. The number of unbranched alkanes of at least 4 members (excludes halogenated alkanes) is 22. The highest BCUT2D eigenvalue weighted by molar-refractivity contribution is 4.75. The van der Waals surface area contributed by atoms with E-state index in [1.54, 1.807) is 0 Å². The lowest BCUT2D eigenvalue weighted by Gasteiger charge is -2.23. The number of rotatable bonds is 26. The first kappa shape index (κ1) is 30.9. The molecule has 0 aliphatic carbocycles. The van der Waals surface area contributed by atoms with Crippen LogP contribution in [-0.4, -0.2) is 5.66 Å². The van der Waals surface area contributed by atoms with Crippen LogP contribution in [0.2, 0.25) is 0 Å². The van der Waals surface area contributed by atoms with Crippen molar-refractivity contribution >= 4 is 0 Å². The third kappa shape index (κ3) is 26.1. The van der Waals surface area contributed by atoms with Gasteiger partial charge in [0.15, 0.2) is 0 Å². The molecule has 2 heteroatoms. The van der Waals surface area contributed by atoms with Crippen LogP contribution in [0.25, 0.3) is 0 Å². The quantitative estimate of drug-likeness (QED) is 0.104. The predicted molar refractivity (Wildman–Crippen MR) is 142 cm³/mol. The minimum atomic E-state index is -0.415. The normalized spacial score (nSPS) is 12.0. The van der Waals surface area contributed by atoms with E-state index in [4.69, 9.17) is 11.5 Å². The van der Waals surface area contributed by atoms with Crippen LogP contribution in [0.3, 0.4) is 0 Å². The van der Waals surface area contributed by atoms with E-state index < -0.39 is 5.66 Å². The van der Waals surface area contributed by atoms with E-state index in [0.29, 0.717) is 0 Å². The fraction of sp³-hybridized carbons (Fsp3) is 1.00. The van der Waals surface area contributed by atoms with E-state index >= 15 is 0 Å². The molecule has 0 aliphatic heterocycles. The molecule has 0 rings (SSSR count). The monoisotopic (exact) mass is 438 g/mol. The van der Waals surface area contributed by atoms with Gasteiger partial charge in [0.05, 0.1) is 5.66 Å². The molecule has 0 bridgehead atoms. The predicted octanol–water partition coefficient (Wildman–Crippen LogP) is 9.78. The first-order valence-electron chi connectivity index (χ1n) is 14.7. The molecular formula is C29H62N2. The van der Waals surface area contributed by atoms with E-state index in [-0.39, 0.29) is 0 Å². The highest BCUT2D eigenvalue weighted by Gasteiger charge is 2.16. The highest BCUT2D eigenvalue weighted by Crippen LogP contribution is 2.17. The van der Waals surface area contributed by atoms with Gasteiger partial charge >= 0.3 is 0 Å². The molecule has 0 saturated carbocycles. The van der Waals surface area contributed by atoms with Crippen molar-refractivity contribution < 1.29 is 0 Å². The number of nitrogens with two attached hydrogens (primary N) is 2. The third-order valence-electron chi connectivity index (χ3n) is 6.96. The summed E-state index contributed by atoms with van der Waals surface area (Å²) in [7, 11) is 0. The zero-order chi connectivity index (χ0) is 22.9. The maximum absolute atomic E-state index is 6.10. The minimum Gasteiger partial charge on any atom is -0.313 e. The van der Waals surface area contributed by atoms with Crippen LogP contribution in [0, 0.1) is 0 Å². The molecule has 4 N–H and O–H groups in total. The summed E-state index contributed by atoms with van der Waals surface area (Å²) in [6.45, 7) is 4.46. The van der Waals surface area contributed by atoms with Gasteiger partial charge in [0.25, 0.3) is 0 Å². The maximum Gasteiger partial charge on any atom is 0.0636 e. The van der Waals surface area contributed by atoms with Gasteiger partial charge in [0, 0.05) is 0 Å². The topological polar surface area (TPSA) is 52.0 Å². The van der Waals surface area contributed by atoms with Gasteiger partial charge in [-0.05, 0) is 12.8 Å². The van der Waals surface area contributed by atoms with Crippen molar-refractivity contribution in [2.45, 2.75) is 186 Å². The Morgan fingerprint density at radius 2 is 0.581 bits per heavy atom. The van der Waals surface area contributed by atoms with Crippen LogP contribution in [0.5, 0.6) is 0 Å². The van der Waals surface area contributed by atoms with Gasteiger partial charge in [-0.1, -0.05) is 168 Å². The standard InChI is InChI=1S/C29H62N2/c1-3-5-6-7-8-9-10-11-12-13-14-15-16-17-18-19-20-21-22-23-24-25-26-28-29(30,31)27-4-2/h3-28,30-31H2,1-2H3. The molecule has 188 valence electrons. The van der Waals surface area contributed by atoms with Crippen LogP contribution in [0.4, 0.5) is 0 Å². The SMILES string of the molecule is CCCCCCCCCCCCCCCCCCCCCCCCCC(N)(N)CCC. The van der Waals surface area contributed by atoms with Crippen molar-refractivity contribution in [3.05, 3.63) is 0 Å². The van der Waals surface area contributed by atoms with Crippen molar-refractivity contribution in [2.24, 2.45) is 11.5 Å². The first-order valence-corrected chi connectivity index (χ1v) is 14.7. The van der Waals surface area contributed by atoms with Crippen LogP contribution >= 0.6 is 0 Å². The molecule has 2 nitrogen and oxygen atoms in total. The van der Waals surface area contributed by atoms with Crippen molar-refractivity contribution in [3.63, 3.8) is 0 Å². The summed E-state index contributed by atoms with van der Waals surface area (Å²) in [5, 5.41) is 0. The lowest BCUT2D eigenvalue weighted by atomic mass is 9.97. The van der Waals surface area contributed by atoms with Crippen molar-refractivity contribution in [1.82, 2.24) is 0 Å². The lowest BCUT2D eigenvalue weighted by Crippen LogP contribution is -2.48. The second-order valence-corrected chi connectivity index (χ2v) is 10.5. The largest absolute Gasteiger partial charge is 0.313 e. The molecule has 0 spiro atoms. The zero-order valence-corrected chi connectivity index (χ0v) is 22.0. The molecule has 0 aliphatic rings. The molecule has 0 unspecified atom stereocenters. The summed E-state index contributed by atoms with van der Waals surface area (Å²) >= 11 is 0. The Morgan fingerprint density at radius 1 is 0.323 bits per heavy atom.